The van der Waals surface area contributed by atoms with Crippen molar-refractivity contribution >= 4 is 29.7 Å². The van der Waals surface area contributed by atoms with Crippen LogP contribution in [0.15, 0.2) is 54.6 Å². The van der Waals surface area contributed by atoms with Gasteiger partial charge in [0, 0.05) is 23.8 Å². The maximum Gasteiger partial charge on any atom is 0.227 e. The summed E-state index contributed by atoms with van der Waals surface area (Å²) in [6.45, 7) is 2.76. The van der Waals surface area contributed by atoms with Crippen LogP contribution >= 0.6 is 12.4 Å². The topological polar surface area (TPSA) is 53.2 Å². The van der Waals surface area contributed by atoms with Gasteiger partial charge in [0.1, 0.15) is 0 Å². The van der Waals surface area contributed by atoms with Crippen LogP contribution in [0.4, 0.5) is 11.4 Å². The maximum absolute atomic E-state index is 12.2. The predicted octanol–water partition coefficient (Wildman–Crippen LogP) is 3.70. The predicted molar refractivity (Wildman–Crippen MR) is 107 cm³/mol. The van der Waals surface area contributed by atoms with Gasteiger partial charge in [0.05, 0.1) is 0 Å². The lowest BCUT2D eigenvalue weighted by molar-refractivity contribution is -0.120. The summed E-state index contributed by atoms with van der Waals surface area (Å²) in [5, 5.41) is 9.73. The van der Waals surface area contributed by atoms with Crippen molar-refractivity contribution in [2.45, 2.75) is 19.3 Å². The molecule has 0 radical (unpaired) electrons. The Morgan fingerprint density at radius 1 is 0.960 bits per heavy atom. The molecule has 0 atom stereocenters. The number of anilines is 2. The molecule has 0 aromatic heterocycles. The van der Waals surface area contributed by atoms with Crippen LogP contribution < -0.4 is 16.0 Å². The van der Waals surface area contributed by atoms with E-state index in [9.17, 15) is 4.79 Å². The Kier molecular flexibility index (Phi) is 7.76. The summed E-state index contributed by atoms with van der Waals surface area (Å²) in [7, 11) is 0. The average Bonchev–Trinajstić information content (AvgIpc) is 2.65. The highest BCUT2D eigenvalue weighted by atomic mass is 35.5. The zero-order valence-corrected chi connectivity index (χ0v) is 15.1. The first-order valence-corrected chi connectivity index (χ1v) is 8.71. The molecule has 2 aromatic rings. The van der Waals surface area contributed by atoms with Crippen LogP contribution in [0.3, 0.4) is 0 Å². The van der Waals surface area contributed by atoms with Gasteiger partial charge >= 0.3 is 0 Å². The van der Waals surface area contributed by atoms with E-state index in [0.717, 1.165) is 50.3 Å². The molecule has 3 rings (SSSR count). The Hall–Kier alpha value is -2.04. The largest absolute Gasteiger partial charge is 0.385 e. The molecule has 134 valence electrons. The molecule has 0 spiro atoms. The Morgan fingerprint density at radius 2 is 1.60 bits per heavy atom. The minimum absolute atomic E-state index is 0. The summed E-state index contributed by atoms with van der Waals surface area (Å²) in [6, 6.07) is 18.4. The third kappa shape index (κ3) is 6.07. The molecule has 2 aromatic carbocycles. The lowest BCUT2D eigenvalue weighted by Gasteiger charge is -2.21. The SMILES string of the molecule is Cl.O=C(Nc1ccc(NCCc2ccccc2)cc1)C1CCNCC1. The van der Waals surface area contributed by atoms with Crippen LogP contribution in [-0.4, -0.2) is 25.5 Å². The van der Waals surface area contributed by atoms with Crippen molar-refractivity contribution in [3.8, 4) is 0 Å². The number of benzene rings is 2. The monoisotopic (exact) mass is 359 g/mol. The van der Waals surface area contributed by atoms with Crippen LogP contribution in [0.5, 0.6) is 0 Å². The Balaban J connectivity index is 0.00000225. The highest BCUT2D eigenvalue weighted by Gasteiger charge is 2.20. The summed E-state index contributed by atoms with van der Waals surface area (Å²) in [5.41, 5.74) is 3.27. The van der Waals surface area contributed by atoms with Gasteiger partial charge in [-0.3, -0.25) is 4.79 Å². The molecule has 1 aliphatic heterocycles. The molecule has 0 unspecified atom stereocenters. The van der Waals surface area contributed by atoms with Crippen molar-refractivity contribution < 1.29 is 4.79 Å². The molecule has 3 N–H and O–H groups in total. The lowest BCUT2D eigenvalue weighted by Crippen LogP contribution is -2.34. The second-order valence-electron chi connectivity index (χ2n) is 6.25. The van der Waals surface area contributed by atoms with Crippen molar-refractivity contribution in [3.05, 3.63) is 60.2 Å². The van der Waals surface area contributed by atoms with Gasteiger partial charge < -0.3 is 16.0 Å². The molecule has 25 heavy (non-hydrogen) atoms. The summed E-state index contributed by atoms with van der Waals surface area (Å²) < 4.78 is 0. The minimum atomic E-state index is 0. The van der Waals surface area contributed by atoms with E-state index in [0.29, 0.717) is 0 Å². The van der Waals surface area contributed by atoms with Crippen LogP contribution in [0.1, 0.15) is 18.4 Å². The number of halogens is 1. The molecule has 5 heteroatoms. The lowest BCUT2D eigenvalue weighted by atomic mass is 9.97. The molecule has 1 aliphatic rings. The van der Waals surface area contributed by atoms with E-state index in [1.165, 1.54) is 5.56 Å². The highest BCUT2D eigenvalue weighted by molar-refractivity contribution is 5.92. The fraction of sp³-hybridized carbons (Fsp3) is 0.350. The minimum Gasteiger partial charge on any atom is -0.385 e. The number of hydrogen-bond donors (Lipinski definition) is 3. The number of carbonyl (C=O) groups is 1. The molecule has 1 heterocycles. The second kappa shape index (κ2) is 10.1. The first-order chi connectivity index (χ1) is 11.8. The number of carbonyl (C=O) groups excluding carboxylic acids is 1. The quantitative estimate of drug-likeness (QED) is 0.737. The summed E-state index contributed by atoms with van der Waals surface area (Å²) >= 11 is 0. The van der Waals surface area contributed by atoms with Crippen molar-refractivity contribution in [2.24, 2.45) is 5.92 Å². The van der Waals surface area contributed by atoms with Crippen molar-refractivity contribution in [1.82, 2.24) is 5.32 Å². The van der Waals surface area contributed by atoms with Crippen LogP contribution in [0.2, 0.25) is 0 Å². The van der Waals surface area contributed by atoms with Crippen molar-refractivity contribution in [2.75, 3.05) is 30.3 Å². The Bertz CT molecular complexity index is 640. The molecular weight excluding hydrogens is 334 g/mol. The van der Waals surface area contributed by atoms with Gasteiger partial charge in [-0.05, 0) is 62.2 Å². The average molecular weight is 360 g/mol. The number of nitrogens with one attached hydrogen (secondary N) is 3. The van der Waals surface area contributed by atoms with E-state index in [2.05, 4.69) is 40.2 Å². The highest BCUT2D eigenvalue weighted by Crippen LogP contribution is 2.17. The third-order valence-corrected chi connectivity index (χ3v) is 4.45. The number of rotatable bonds is 6. The first kappa shape index (κ1) is 19.3. The van der Waals surface area contributed by atoms with Crippen LogP contribution in [-0.2, 0) is 11.2 Å². The smallest absolute Gasteiger partial charge is 0.227 e. The van der Waals surface area contributed by atoms with E-state index in [1.807, 2.05) is 30.3 Å². The number of amides is 1. The molecule has 0 aliphatic carbocycles. The van der Waals surface area contributed by atoms with E-state index < -0.39 is 0 Å². The van der Waals surface area contributed by atoms with Gasteiger partial charge in [0.2, 0.25) is 5.91 Å². The molecular formula is C20H26ClN3O. The zero-order valence-electron chi connectivity index (χ0n) is 14.3. The van der Waals surface area contributed by atoms with Gasteiger partial charge in [-0.2, -0.15) is 0 Å². The van der Waals surface area contributed by atoms with Gasteiger partial charge in [0.15, 0.2) is 0 Å². The molecule has 1 saturated heterocycles. The first-order valence-electron chi connectivity index (χ1n) is 8.71. The molecule has 4 nitrogen and oxygen atoms in total. The fourth-order valence-corrected chi connectivity index (χ4v) is 3.00. The molecule has 1 fully saturated rings. The normalized spacial score (nSPS) is 14.4. The fourth-order valence-electron chi connectivity index (χ4n) is 3.00. The van der Waals surface area contributed by atoms with Crippen molar-refractivity contribution in [1.29, 1.82) is 0 Å². The summed E-state index contributed by atoms with van der Waals surface area (Å²) in [5.74, 6) is 0.274. The van der Waals surface area contributed by atoms with Gasteiger partial charge in [-0.25, -0.2) is 0 Å². The van der Waals surface area contributed by atoms with Crippen molar-refractivity contribution in [3.63, 3.8) is 0 Å². The molecule has 0 saturated carbocycles. The molecule has 1 amide bonds. The Morgan fingerprint density at radius 3 is 2.28 bits per heavy atom. The maximum atomic E-state index is 12.2. The number of hydrogen-bond acceptors (Lipinski definition) is 3. The second-order valence-corrected chi connectivity index (χ2v) is 6.25. The molecule has 0 bridgehead atoms. The third-order valence-electron chi connectivity index (χ3n) is 4.45. The standard InChI is InChI=1S/C20H25N3O.ClH/c24-20(17-11-13-21-14-12-17)23-19-8-6-18(7-9-19)22-15-10-16-4-2-1-3-5-16;/h1-9,17,21-22H,10-15H2,(H,23,24);1H. The van der Waals surface area contributed by atoms with E-state index in [4.69, 9.17) is 0 Å². The summed E-state index contributed by atoms with van der Waals surface area (Å²) in [6.07, 6.45) is 2.84. The van der Waals surface area contributed by atoms with E-state index in [1.54, 1.807) is 0 Å². The zero-order chi connectivity index (χ0) is 16.6. The van der Waals surface area contributed by atoms with E-state index in [-0.39, 0.29) is 24.2 Å². The van der Waals surface area contributed by atoms with Crippen LogP contribution in [0.25, 0.3) is 0 Å². The van der Waals surface area contributed by atoms with Gasteiger partial charge in [-0.15, -0.1) is 12.4 Å². The van der Waals surface area contributed by atoms with Gasteiger partial charge in [-0.1, -0.05) is 30.3 Å². The van der Waals surface area contributed by atoms with Crippen LogP contribution in [0, 0.1) is 5.92 Å². The van der Waals surface area contributed by atoms with Gasteiger partial charge in [0.25, 0.3) is 0 Å². The number of piperidine rings is 1. The summed E-state index contributed by atoms with van der Waals surface area (Å²) in [4.78, 5) is 12.2. The Labute approximate surface area is 155 Å². The van der Waals surface area contributed by atoms with E-state index >= 15 is 0 Å².